The summed E-state index contributed by atoms with van der Waals surface area (Å²) in [5.74, 6) is 0.451. The quantitative estimate of drug-likeness (QED) is 0.272. The predicted molar refractivity (Wildman–Crippen MR) is 171 cm³/mol. The van der Waals surface area contributed by atoms with E-state index in [-0.39, 0.29) is 23.4 Å². The standard InChI is InChI=1S/C34H43N3O6S/c1-5-32(34(39)35-27-11-7-6-8-12-27)36(23-26-10-9-13-30(22-26)43-4)33(38)24-37(28-16-18-29(42-3)19-17-28)44(40,41)31-20-14-25(2)15-21-31/h9-10,13-22,27,32H,5-8,11-12,23-24H2,1-4H3,(H,35,39)/t32-/m0/s1. The van der Waals surface area contributed by atoms with Crippen molar-refractivity contribution in [2.45, 2.75) is 75.9 Å². The molecule has 0 radical (unpaired) electrons. The number of sulfonamides is 1. The van der Waals surface area contributed by atoms with Gasteiger partial charge in [0.15, 0.2) is 0 Å². The molecule has 0 bridgehead atoms. The van der Waals surface area contributed by atoms with Gasteiger partial charge in [-0.15, -0.1) is 0 Å². The lowest BCUT2D eigenvalue weighted by molar-refractivity contribution is -0.140. The molecule has 1 saturated carbocycles. The fraction of sp³-hybridized carbons (Fsp3) is 0.412. The largest absolute Gasteiger partial charge is 0.497 e. The second-order valence-electron chi connectivity index (χ2n) is 11.2. The van der Waals surface area contributed by atoms with Crippen molar-refractivity contribution >= 4 is 27.5 Å². The maximum Gasteiger partial charge on any atom is 0.264 e. The molecule has 0 spiro atoms. The van der Waals surface area contributed by atoms with Gasteiger partial charge in [0.05, 0.1) is 24.8 Å². The van der Waals surface area contributed by atoms with Crippen LogP contribution in [0.5, 0.6) is 11.5 Å². The van der Waals surface area contributed by atoms with Gasteiger partial charge in [-0.3, -0.25) is 13.9 Å². The van der Waals surface area contributed by atoms with Crippen LogP contribution in [0, 0.1) is 6.92 Å². The number of hydrogen-bond donors (Lipinski definition) is 1. The summed E-state index contributed by atoms with van der Waals surface area (Å²) in [4.78, 5) is 29.6. The first kappa shape index (κ1) is 32.9. The van der Waals surface area contributed by atoms with Gasteiger partial charge in [-0.1, -0.05) is 56.0 Å². The van der Waals surface area contributed by atoms with Crippen LogP contribution in [0.2, 0.25) is 0 Å². The predicted octanol–water partition coefficient (Wildman–Crippen LogP) is 5.46. The first-order valence-corrected chi connectivity index (χ1v) is 16.6. The number of carbonyl (C=O) groups excluding carboxylic acids is 2. The van der Waals surface area contributed by atoms with Crippen LogP contribution in [0.3, 0.4) is 0 Å². The Morgan fingerprint density at radius 1 is 0.909 bits per heavy atom. The van der Waals surface area contributed by atoms with Crippen molar-refractivity contribution in [3.63, 3.8) is 0 Å². The zero-order chi connectivity index (χ0) is 31.7. The first-order chi connectivity index (χ1) is 21.2. The Morgan fingerprint density at radius 2 is 1.57 bits per heavy atom. The fourth-order valence-corrected chi connectivity index (χ4v) is 6.96. The highest BCUT2D eigenvalue weighted by molar-refractivity contribution is 7.92. The summed E-state index contributed by atoms with van der Waals surface area (Å²) < 4.78 is 39.9. The highest BCUT2D eigenvalue weighted by Gasteiger charge is 2.34. The van der Waals surface area contributed by atoms with E-state index in [1.165, 1.54) is 24.1 Å². The number of aryl methyl sites for hydroxylation is 1. The van der Waals surface area contributed by atoms with E-state index in [0.29, 0.717) is 23.6 Å². The number of rotatable bonds is 13. The lowest BCUT2D eigenvalue weighted by atomic mass is 9.95. The molecule has 1 aliphatic rings. The van der Waals surface area contributed by atoms with Gasteiger partial charge in [-0.25, -0.2) is 8.42 Å². The summed E-state index contributed by atoms with van der Waals surface area (Å²) in [6.07, 6.45) is 5.45. The van der Waals surface area contributed by atoms with Gasteiger partial charge in [0.25, 0.3) is 10.0 Å². The average Bonchev–Trinajstić information content (AvgIpc) is 3.04. The molecular weight excluding hydrogens is 578 g/mol. The van der Waals surface area contributed by atoms with Crippen molar-refractivity contribution in [1.29, 1.82) is 0 Å². The number of amides is 2. The maximum atomic E-state index is 14.3. The summed E-state index contributed by atoms with van der Waals surface area (Å²) in [5.41, 5.74) is 1.98. The Labute approximate surface area is 261 Å². The Morgan fingerprint density at radius 3 is 2.18 bits per heavy atom. The molecule has 0 heterocycles. The highest BCUT2D eigenvalue weighted by Crippen LogP contribution is 2.27. The van der Waals surface area contributed by atoms with Crippen LogP contribution in [0.4, 0.5) is 5.69 Å². The Bertz CT molecular complexity index is 1500. The van der Waals surface area contributed by atoms with Gasteiger partial charge < -0.3 is 19.7 Å². The molecule has 10 heteroatoms. The summed E-state index contributed by atoms with van der Waals surface area (Å²) in [5, 5.41) is 3.17. The number of methoxy groups -OCH3 is 2. The third-order valence-electron chi connectivity index (χ3n) is 8.07. The molecule has 4 rings (SSSR count). The Balaban J connectivity index is 1.71. The third kappa shape index (κ3) is 8.11. The van der Waals surface area contributed by atoms with E-state index < -0.39 is 28.5 Å². The second kappa shape index (κ2) is 15.1. The van der Waals surface area contributed by atoms with E-state index in [2.05, 4.69) is 5.32 Å². The van der Waals surface area contributed by atoms with E-state index in [9.17, 15) is 18.0 Å². The van der Waals surface area contributed by atoms with Gasteiger partial charge in [0.1, 0.15) is 24.1 Å². The van der Waals surface area contributed by atoms with Crippen LogP contribution in [0.1, 0.15) is 56.6 Å². The molecule has 0 aliphatic heterocycles. The fourth-order valence-electron chi connectivity index (χ4n) is 5.55. The molecule has 1 N–H and O–H groups in total. The minimum Gasteiger partial charge on any atom is -0.497 e. The molecule has 9 nitrogen and oxygen atoms in total. The molecule has 3 aromatic carbocycles. The molecule has 0 unspecified atom stereocenters. The van der Waals surface area contributed by atoms with E-state index in [0.717, 1.165) is 47.5 Å². The van der Waals surface area contributed by atoms with E-state index in [1.54, 1.807) is 43.5 Å². The minimum atomic E-state index is -4.15. The number of nitrogens with zero attached hydrogens (tertiary/aromatic N) is 2. The normalized spacial score (nSPS) is 14.4. The molecule has 236 valence electrons. The summed E-state index contributed by atoms with van der Waals surface area (Å²) in [6, 6.07) is 19.6. The molecule has 44 heavy (non-hydrogen) atoms. The number of ether oxygens (including phenoxy) is 2. The molecular formula is C34H43N3O6S. The second-order valence-corrected chi connectivity index (χ2v) is 13.0. The van der Waals surface area contributed by atoms with Crippen molar-refractivity contribution in [2.75, 3.05) is 25.1 Å². The molecule has 3 aromatic rings. The number of carbonyl (C=O) groups is 2. The monoisotopic (exact) mass is 621 g/mol. The number of benzene rings is 3. The Kier molecular flexibility index (Phi) is 11.3. The van der Waals surface area contributed by atoms with Gasteiger partial charge in [-0.05, 0) is 80.3 Å². The van der Waals surface area contributed by atoms with Crippen molar-refractivity contribution in [3.8, 4) is 11.5 Å². The van der Waals surface area contributed by atoms with Crippen LogP contribution < -0.4 is 19.1 Å². The van der Waals surface area contributed by atoms with Gasteiger partial charge in [0.2, 0.25) is 11.8 Å². The van der Waals surface area contributed by atoms with Gasteiger partial charge >= 0.3 is 0 Å². The smallest absolute Gasteiger partial charge is 0.264 e. The van der Waals surface area contributed by atoms with Crippen molar-refractivity contribution in [2.24, 2.45) is 0 Å². The topological polar surface area (TPSA) is 105 Å². The van der Waals surface area contributed by atoms with Crippen molar-refractivity contribution in [1.82, 2.24) is 10.2 Å². The maximum absolute atomic E-state index is 14.3. The van der Waals surface area contributed by atoms with Crippen LogP contribution in [-0.4, -0.2) is 58.0 Å². The molecule has 2 amide bonds. The SMILES string of the molecule is CC[C@@H](C(=O)NC1CCCCC1)N(Cc1cccc(OC)c1)C(=O)CN(c1ccc(OC)cc1)S(=O)(=O)c1ccc(C)cc1. The van der Waals surface area contributed by atoms with Gasteiger partial charge in [-0.2, -0.15) is 0 Å². The molecule has 1 fully saturated rings. The molecule has 1 aliphatic carbocycles. The zero-order valence-corrected chi connectivity index (χ0v) is 26.8. The lowest BCUT2D eigenvalue weighted by Gasteiger charge is -2.34. The van der Waals surface area contributed by atoms with Crippen LogP contribution >= 0.6 is 0 Å². The zero-order valence-electron chi connectivity index (χ0n) is 26.0. The molecule has 1 atom stereocenters. The van der Waals surface area contributed by atoms with Gasteiger partial charge in [0, 0.05) is 12.6 Å². The van der Waals surface area contributed by atoms with Crippen LogP contribution in [0.25, 0.3) is 0 Å². The van der Waals surface area contributed by atoms with E-state index >= 15 is 0 Å². The van der Waals surface area contributed by atoms with Crippen LogP contribution in [0.15, 0.2) is 77.7 Å². The summed E-state index contributed by atoms with van der Waals surface area (Å²) >= 11 is 0. The van der Waals surface area contributed by atoms with Crippen molar-refractivity contribution in [3.05, 3.63) is 83.9 Å². The summed E-state index contributed by atoms with van der Waals surface area (Å²) in [6.45, 7) is 3.34. The minimum absolute atomic E-state index is 0.0631. The Hall–Kier alpha value is -4.05. The molecule has 0 saturated heterocycles. The third-order valence-corrected chi connectivity index (χ3v) is 9.86. The number of anilines is 1. The number of nitrogens with one attached hydrogen (secondary N) is 1. The van der Waals surface area contributed by atoms with E-state index in [4.69, 9.17) is 9.47 Å². The first-order valence-electron chi connectivity index (χ1n) is 15.1. The number of hydrogen-bond acceptors (Lipinski definition) is 6. The average molecular weight is 622 g/mol. The molecule has 0 aromatic heterocycles. The van der Waals surface area contributed by atoms with Crippen LogP contribution in [-0.2, 0) is 26.2 Å². The lowest BCUT2D eigenvalue weighted by Crippen LogP contribution is -2.54. The summed E-state index contributed by atoms with van der Waals surface area (Å²) in [7, 11) is -1.06. The van der Waals surface area contributed by atoms with Crippen molar-refractivity contribution < 1.29 is 27.5 Å². The highest BCUT2D eigenvalue weighted by atomic mass is 32.2. The van der Waals surface area contributed by atoms with E-state index in [1.807, 2.05) is 38.1 Å².